The summed E-state index contributed by atoms with van der Waals surface area (Å²) in [6.07, 6.45) is 12.7. The summed E-state index contributed by atoms with van der Waals surface area (Å²) in [5, 5.41) is 16.3. The molecule has 1 N–H and O–H groups in total. The molecule has 10 rings (SSSR count). The summed E-state index contributed by atoms with van der Waals surface area (Å²) in [6, 6.07) is 3.92. The highest BCUT2D eigenvalue weighted by molar-refractivity contribution is 6.18. The second kappa shape index (κ2) is 13.2. The summed E-state index contributed by atoms with van der Waals surface area (Å²) in [4.78, 5) is 16.9. The smallest absolute Gasteiger partial charge is 0.319 e. The van der Waals surface area contributed by atoms with Crippen LogP contribution in [0.15, 0.2) is 24.4 Å². The highest BCUT2D eigenvalue weighted by atomic mass is 19.1. The molecule has 2 aromatic heterocycles. The normalized spacial score (nSPS) is 27.7. The first-order valence-corrected chi connectivity index (χ1v) is 19.6. The topological polar surface area (TPSA) is 92.0 Å². The number of ether oxygens (including phenoxy) is 2. The molecule has 14 heteroatoms. The molecule has 0 amide bonds. The molecule has 0 radical (unpaired) electrons. The predicted molar refractivity (Wildman–Crippen MR) is 204 cm³/mol. The van der Waals surface area contributed by atoms with Crippen LogP contribution in [0.25, 0.3) is 43.7 Å². The van der Waals surface area contributed by atoms with Crippen molar-refractivity contribution in [2.45, 2.75) is 74.8 Å². The zero-order valence-electron chi connectivity index (χ0n) is 31.4. The van der Waals surface area contributed by atoms with Gasteiger partial charge in [0.25, 0.3) is 0 Å². The molecule has 292 valence electrons. The minimum Gasteiger partial charge on any atom is -0.505 e. The van der Waals surface area contributed by atoms with Crippen LogP contribution in [0.4, 0.5) is 23.4 Å². The fraction of sp³-hybridized carbons (Fsp3) is 0.500. The summed E-state index contributed by atoms with van der Waals surface area (Å²) in [5.74, 6) is 0.0318. The van der Waals surface area contributed by atoms with Crippen LogP contribution in [0.1, 0.15) is 50.5 Å². The lowest BCUT2D eigenvalue weighted by Gasteiger charge is -2.49. The number of aromatic hydroxyl groups is 1. The molecule has 4 atom stereocenters. The van der Waals surface area contributed by atoms with Crippen LogP contribution in [0.5, 0.6) is 11.8 Å². The van der Waals surface area contributed by atoms with E-state index in [0.717, 1.165) is 76.9 Å². The number of nitrogens with zero attached hydrogens (tertiary/aromatic N) is 7. The molecule has 3 aromatic carbocycles. The van der Waals surface area contributed by atoms with E-state index in [1.54, 1.807) is 25.0 Å². The van der Waals surface area contributed by atoms with Crippen LogP contribution < -0.4 is 9.64 Å². The average Bonchev–Trinajstić information content (AvgIpc) is 3.89. The number of alkyl halides is 1. The summed E-state index contributed by atoms with van der Waals surface area (Å²) in [6.45, 7) is 3.71. The number of rotatable bonds is 8. The lowest BCUT2D eigenvalue weighted by molar-refractivity contribution is 0.0199. The van der Waals surface area contributed by atoms with Gasteiger partial charge in [0.2, 0.25) is 0 Å². The Hall–Kier alpha value is -4.71. The maximum atomic E-state index is 17.8. The Balaban J connectivity index is 1.16. The van der Waals surface area contributed by atoms with Gasteiger partial charge in [-0.2, -0.15) is 15.1 Å². The molecule has 5 fully saturated rings. The highest BCUT2D eigenvalue weighted by Crippen LogP contribution is 2.48. The predicted octanol–water partition coefficient (Wildman–Crippen LogP) is 6.47. The van der Waals surface area contributed by atoms with Crippen LogP contribution in [0.3, 0.4) is 0 Å². The van der Waals surface area contributed by atoms with Gasteiger partial charge < -0.3 is 19.5 Å². The van der Waals surface area contributed by atoms with E-state index >= 15 is 13.2 Å². The number of terminal acetylenes is 1. The largest absolute Gasteiger partial charge is 0.505 e. The van der Waals surface area contributed by atoms with E-state index in [2.05, 4.69) is 20.6 Å². The molecule has 5 aliphatic rings. The van der Waals surface area contributed by atoms with Crippen molar-refractivity contribution in [1.29, 1.82) is 0 Å². The van der Waals surface area contributed by atoms with Crippen LogP contribution in [0.2, 0.25) is 0 Å². The number of aryl methyl sites for hydroxylation is 1. The van der Waals surface area contributed by atoms with Crippen LogP contribution >= 0.6 is 0 Å². The van der Waals surface area contributed by atoms with Gasteiger partial charge in [-0.05, 0) is 69.2 Å². The van der Waals surface area contributed by atoms with E-state index in [9.17, 15) is 9.50 Å². The molecule has 4 saturated heterocycles. The zero-order chi connectivity index (χ0) is 38.6. The van der Waals surface area contributed by atoms with E-state index in [1.165, 1.54) is 6.07 Å². The van der Waals surface area contributed by atoms with Gasteiger partial charge >= 0.3 is 6.01 Å². The van der Waals surface area contributed by atoms with Crippen molar-refractivity contribution in [3.05, 3.63) is 47.4 Å². The Morgan fingerprint density at radius 1 is 1.00 bits per heavy atom. The number of hydrogen-bond acceptors (Lipinski definition) is 9. The number of halogens is 4. The third-order valence-corrected chi connectivity index (χ3v) is 13.3. The number of anilines is 1. The molecule has 1 aliphatic carbocycles. The van der Waals surface area contributed by atoms with Crippen LogP contribution in [-0.2, 0) is 11.8 Å². The molecule has 1 saturated carbocycles. The lowest BCUT2D eigenvalue weighted by Crippen LogP contribution is -2.59. The number of methoxy groups -OCH3 is 1. The fourth-order valence-corrected chi connectivity index (χ4v) is 10.8. The molecule has 5 aromatic rings. The van der Waals surface area contributed by atoms with E-state index < -0.39 is 34.9 Å². The van der Waals surface area contributed by atoms with E-state index in [1.807, 2.05) is 0 Å². The fourth-order valence-electron chi connectivity index (χ4n) is 10.8. The second-order valence-corrected chi connectivity index (χ2v) is 16.6. The van der Waals surface area contributed by atoms with Gasteiger partial charge in [-0.25, -0.2) is 17.6 Å². The molecule has 2 bridgehead atoms. The first-order chi connectivity index (χ1) is 27.1. The van der Waals surface area contributed by atoms with Crippen molar-refractivity contribution in [3.8, 4) is 35.2 Å². The Labute approximate surface area is 321 Å². The minimum atomic E-state index is -1.01. The number of piperazine rings is 1. The van der Waals surface area contributed by atoms with Gasteiger partial charge in [0, 0.05) is 98.4 Å². The van der Waals surface area contributed by atoms with Gasteiger partial charge in [-0.15, -0.1) is 6.42 Å². The van der Waals surface area contributed by atoms with Crippen molar-refractivity contribution in [3.63, 3.8) is 0 Å². The summed E-state index contributed by atoms with van der Waals surface area (Å²) >= 11 is 0. The molecule has 2 unspecified atom stereocenters. The van der Waals surface area contributed by atoms with Crippen molar-refractivity contribution >= 4 is 38.4 Å². The molecular weight excluding hydrogens is 726 g/mol. The number of aromatic nitrogens is 4. The van der Waals surface area contributed by atoms with Gasteiger partial charge in [-0.3, -0.25) is 14.5 Å². The van der Waals surface area contributed by atoms with Gasteiger partial charge in [0.1, 0.15) is 35.4 Å². The zero-order valence-corrected chi connectivity index (χ0v) is 31.4. The van der Waals surface area contributed by atoms with E-state index in [4.69, 9.17) is 31.0 Å². The van der Waals surface area contributed by atoms with Crippen LogP contribution in [0, 0.1) is 35.7 Å². The molecule has 56 heavy (non-hydrogen) atoms. The van der Waals surface area contributed by atoms with Gasteiger partial charge in [-0.1, -0.05) is 5.92 Å². The Morgan fingerprint density at radius 2 is 1.79 bits per heavy atom. The summed E-state index contributed by atoms with van der Waals surface area (Å²) in [5.41, 5.74) is -0.784. The summed E-state index contributed by atoms with van der Waals surface area (Å²) < 4.78 is 76.8. The molecule has 10 nitrogen and oxygen atoms in total. The highest BCUT2D eigenvalue weighted by Gasteiger charge is 2.50. The average molecular weight is 770 g/mol. The number of likely N-dealkylation sites (tertiary alicyclic amines) is 1. The Kier molecular flexibility index (Phi) is 8.40. The van der Waals surface area contributed by atoms with Crippen molar-refractivity contribution in [1.82, 2.24) is 29.5 Å². The van der Waals surface area contributed by atoms with E-state index in [-0.39, 0.29) is 63.2 Å². The quantitative estimate of drug-likeness (QED) is 0.141. The monoisotopic (exact) mass is 769 g/mol. The minimum absolute atomic E-state index is 0.0292. The summed E-state index contributed by atoms with van der Waals surface area (Å²) in [7, 11) is 3.46. The third kappa shape index (κ3) is 5.37. The first-order valence-electron chi connectivity index (χ1n) is 19.6. The Bertz CT molecular complexity index is 2450. The lowest BCUT2D eigenvalue weighted by atomic mass is 9.79. The number of benzene rings is 3. The second-order valence-electron chi connectivity index (χ2n) is 16.6. The number of fused-ring (bicyclic) bond motifs is 7. The number of hydrogen-bond donors (Lipinski definition) is 1. The van der Waals surface area contributed by atoms with Gasteiger partial charge in [0.05, 0.1) is 16.5 Å². The molecule has 0 spiro atoms. The van der Waals surface area contributed by atoms with E-state index in [0.29, 0.717) is 41.5 Å². The van der Waals surface area contributed by atoms with Gasteiger partial charge in [0.15, 0.2) is 17.4 Å². The van der Waals surface area contributed by atoms with Crippen molar-refractivity contribution in [2.24, 2.45) is 13.0 Å². The molecular formula is C42H43F4N7O3. The number of phenolic OH excluding ortho intramolecular Hbond substituents is 1. The molecule has 6 heterocycles. The molecule has 4 aliphatic heterocycles. The van der Waals surface area contributed by atoms with Crippen LogP contribution in [-0.4, -0.2) is 111 Å². The maximum Gasteiger partial charge on any atom is 0.319 e. The Morgan fingerprint density at radius 3 is 2.54 bits per heavy atom. The SMILES string of the molecule is C#Cc1c(F)ccc2c(F)c(O)cc(-c3c(F)c4nc(OC[C@@]56CCCN5C[C@H](F)C6)nc(N5C6CCC5CN(C5CC(COC)C5)C6)c4c4cn(C)nc34)c12. The maximum absolute atomic E-state index is 17.8. The number of phenols is 1. The third-order valence-electron chi connectivity index (χ3n) is 13.3. The first kappa shape index (κ1) is 35.7. The van der Waals surface area contributed by atoms with Crippen molar-refractivity contribution < 1.29 is 32.1 Å². The van der Waals surface area contributed by atoms with Crippen molar-refractivity contribution in [2.75, 3.05) is 51.4 Å². The standard InChI is InChI=1S/C42H43F4N7O3/c1-4-27-31(44)9-8-28-33(27)29(14-32(54)36(28)45)34-37(46)39-35(30-19-50(2)49-38(30)34)40(48-41(47-39)56-21-42-10-5-11-52(42)16-23(43)15-42)53-24-6-7-25(53)18-51(17-24)26-12-22(13-26)20-55-3/h1,8-9,14,19,22-26,54H,5-7,10-13,15-18,20-21H2,2-3H3/t22?,23-,24?,25?,26?,42+/m1/s1.